The molecule has 9 heteroatoms. The number of nitriles is 1. The van der Waals surface area contributed by atoms with Crippen LogP contribution in [0.15, 0.2) is 82.6 Å². The van der Waals surface area contributed by atoms with Crippen molar-refractivity contribution in [1.82, 2.24) is 14.8 Å². The Labute approximate surface area is 200 Å². The van der Waals surface area contributed by atoms with Crippen molar-refractivity contribution in [2.75, 3.05) is 17.2 Å². The molecule has 2 aromatic heterocycles. The summed E-state index contributed by atoms with van der Waals surface area (Å²) in [4.78, 5) is 14.7. The SMILES string of the molecule is N#CCCN(C(=O)CSc1nnc(-c2ccccc2)n1Cc1ccco1)c1cccc(Cl)c1. The first kappa shape index (κ1) is 22.6. The normalized spacial score (nSPS) is 10.7. The van der Waals surface area contributed by atoms with E-state index in [9.17, 15) is 4.79 Å². The van der Waals surface area contributed by atoms with E-state index in [0.29, 0.717) is 28.2 Å². The molecule has 0 N–H and O–H groups in total. The second-order valence-corrected chi connectivity index (χ2v) is 8.44. The predicted octanol–water partition coefficient (Wildman–Crippen LogP) is 5.28. The van der Waals surface area contributed by atoms with E-state index in [0.717, 1.165) is 11.3 Å². The van der Waals surface area contributed by atoms with Gasteiger partial charge in [0.05, 0.1) is 31.1 Å². The number of nitrogens with zero attached hydrogens (tertiary/aromatic N) is 5. The predicted molar refractivity (Wildman–Crippen MR) is 128 cm³/mol. The van der Waals surface area contributed by atoms with Crippen molar-refractivity contribution in [3.05, 3.63) is 83.8 Å². The van der Waals surface area contributed by atoms with Crippen LogP contribution in [0, 0.1) is 11.3 Å². The van der Waals surface area contributed by atoms with Crippen LogP contribution in [0.25, 0.3) is 11.4 Å². The molecule has 0 saturated heterocycles. The van der Waals surface area contributed by atoms with Gasteiger partial charge in [-0.2, -0.15) is 5.26 Å². The molecule has 1 amide bonds. The van der Waals surface area contributed by atoms with Crippen LogP contribution in [0.5, 0.6) is 0 Å². The van der Waals surface area contributed by atoms with E-state index >= 15 is 0 Å². The number of carbonyl (C=O) groups excluding carboxylic acids is 1. The fourth-order valence-corrected chi connectivity index (χ4v) is 4.30. The number of furan rings is 1. The van der Waals surface area contributed by atoms with E-state index in [1.165, 1.54) is 11.8 Å². The van der Waals surface area contributed by atoms with E-state index < -0.39 is 0 Å². The van der Waals surface area contributed by atoms with Crippen LogP contribution in [-0.4, -0.2) is 33.0 Å². The lowest BCUT2D eigenvalue weighted by Gasteiger charge is -2.22. The minimum absolute atomic E-state index is 0.128. The van der Waals surface area contributed by atoms with Crippen LogP contribution >= 0.6 is 23.4 Å². The number of rotatable bonds is 9. The summed E-state index contributed by atoms with van der Waals surface area (Å²) < 4.78 is 7.46. The number of aromatic nitrogens is 3. The fourth-order valence-electron chi connectivity index (χ4n) is 3.30. The smallest absolute Gasteiger partial charge is 0.237 e. The van der Waals surface area contributed by atoms with E-state index in [2.05, 4.69) is 16.3 Å². The Kier molecular flexibility index (Phi) is 7.45. The van der Waals surface area contributed by atoms with Gasteiger partial charge >= 0.3 is 0 Å². The van der Waals surface area contributed by atoms with E-state index in [4.69, 9.17) is 21.3 Å². The van der Waals surface area contributed by atoms with Crippen molar-refractivity contribution in [3.63, 3.8) is 0 Å². The summed E-state index contributed by atoms with van der Waals surface area (Å²) in [5, 5.41) is 18.9. The maximum Gasteiger partial charge on any atom is 0.237 e. The molecule has 7 nitrogen and oxygen atoms in total. The molecular formula is C24H20ClN5O2S. The molecule has 33 heavy (non-hydrogen) atoms. The first-order valence-corrected chi connectivity index (χ1v) is 11.6. The van der Waals surface area contributed by atoms with Gasteiger partial charge in [0.1, 0.15) is 5.76 Å². The van der Waals surface area contributed by atoms with E-state index in [1.54, 1.807) is 35.4 Å². The third-order valence-electron chi connectivity index (χ3n) is 4.84. The Morgan fingerprint density at radius 2 is 1.97 bits per heavy atom. The van der Waals surface area contributed by atoms with Crippen molar-refractivity contribution < 1.29 is 9.21 Å². The maximum absolute atomic E-state index is 13.1. The van der Waals surface area contributed by atoms with Crippen LogP contribution in [-0.2, 0) is 11.3 Å². The maximum atomic E-state index is 13.1. The quantitative estimate of drug-likeness (QED) is 0.305. The van der Waals surface area contributed by atoms with Crippen LogP contribution in [0.1, 0.15) is 12.2 Å². The highest BCUT2D eigenvalue weighted by molar-refractivity contribution is 7.99. The van der Waals surface area contributed by atoms with Gasteiger partial charge in [-0.3, -0.25) is 9.36 Å². The molecule has 4 aromatic rings. The molecule has 4 rings (SSSR count). The number of thioether (sulfide) groups is 1. The van der Waals surface area contributed by atoms with Crippen molar-refractivity contribution in [2.24, 2.45) is 0 Å². The highest BCUT2D eigenvalue weighted by Gasteiger charge is 2.20. The summed E-state index contributed by atoms with van der Waals surface area (Å²) >= 11 is 7.41. The van der Waals surface area contributed by atoms with Gasteiger partial charge in [0.15, 0.2) is 11.0 Å². The highest BCUT2D eigenvalue weighted by Crippen LogP contribution is 2.27. The molecule has 0 fully saturated rings. The summed E-state index contributed by atoms with van der Waals surface area (Å²) in [5.41, 5.74) is 1.58. The molecule has 0 atom stereocenters. The Balaban J connectivity index is 1.57. The second kappa shape index (κ2) is 10.9. The molecular weight excluding hydrogens is 458 g/mol. The molecule has 166 valence electrons. The van der Waals surface area contributed by atoms with Gasteiger partial charge in [-0.05, 0) is 30.3 Å². The van der Waals surface area contributed by atoms with Gasteiger partial charge in [-0.1, -0.05) is 59.8 Å². The van der Waals surface area contributed by atoms with Gasteiger partial charge in [0.2, 0.25) is 5.91 Å². The monoisotopic (exact) mass is 477 g/mol. The lowest BCUT2D eigenvalue weighted by molar-refractivity contribution is -0.116. The summed E-state index contributed by atoms with van der Waals surface area (Å²) in [6, 6.07) is 22.6. The van der Waals surface area contributed by atoms with Gasteiger partial charge in [-0.25, -0.2) is 0 Å². The van der Waals surface area contributed by atoms with Crippen LogP contribution in [0.4, 0.5) is 5.69 Å². The van der Waals surface area contributed by atoms with Gasteiger partial charge in [-0.15, -0.1) is 10.2 Å². The van der Waals surface area contributed by atoms with Crippen LogP contribution < -0.4 is 4.90 Å². The number of halogens is 1. The Bertz CT molecular complexity index is 1250. The number of hydrogen-bond donors (Lipinski definition) is 0. The van der Waals surface area contributed by atoms with E-state index in [-0.39, 0.29) is 24.6 Å². The first-order chi connectivity index (χ1) is 16.2. The van der Waals surface area contributed by atoms with Gasteiger partial charge in [0, 0.05) is 22.8 Å². The van der Waals surface area contributed by atoms with Crippen molar-refractivity contribution in [2.45, 2.75) is 18.1 Å². The number of anilines is 1. The Morgan fingerprint density at radius 3 is 2.70 bits per heavy atom. The first-order valence-electron chi connectivity index (χ1n) is 10.2. The second-order valence-electron chi connectivity index (χ2n) is 7.06. The van der Waals surface area contributed by atoms with Crippen molar-refractivity contribution in [3.8, 4) is 17.5 Å². The molecule has 0 spiro atoms. The minimum atomic E-state index is -0.147. The van der Waals surface area contributed by atoms with Crippen LogP contribution in [0.3, 0.4) is 0 Å². The number of amides is 1. The zero-order valence-electron chi connectivity index (χ0n) is 17.6. The molecule has 2 aromatic carbocycles. The minimum Gasteiger partial charge on any atom is -0.467 e. The van der Waals surface area contributed by atoms with Gasteiger partial charge in [0.25, 0.3) is 0 Å². The highest BCUT2D eigenvalue weighted by atomic mass is 35.5. The third-order valence-corrected chi connectivity index (χ3v) is 6.02. The van der Waals surface area contributed by atoms with Crippen molar-refractivity contribution >= 4 is 35.0 Å². The molecule has 0 saturated carbocycles. The summed E-state index contributed by atoms with van der Waals surface area (Å²) in [6.45, 7) is 0.720. The molecule has 0 aliphatic carbocycles. The molecule has 2 heterocycles. The molecule has 0 radical (unpaired) electrons. The molecule has 0 aliphatic rings. The number of carbonyl (C=O) groups is 1. The topological polar surface area (TPSA) is 88.0 Å². The largest absolute Gasteiger partial charge is 0.467 e. The van der Waals surface area contributed by atoms with Crippen LogP contribution in [0.2, 0.25) is 5.02 Å². The summed E-state index contributed by atoms with van der Waals surface area (Å²) in [5.74, 6) is 1.43. The zero-order chi connectivity index (χ0) is 23.0. The van der Waals surface area contributed by atoms with E-state index in [1.807, 2.05) is 47.0 Å². The average molecular weight is 478 g/mol. The van der Waals surface area contributed by atoms with Crippen molar-refractivity contribution in [1.29, 1.82) is 5.26 Å². The zero-order valence-corrected chi connectivity index (χ0v) is 19.2. The lowest BCUT2D eigenvalue weighted by atomic mass is 10.2. The standard InChI is InChI=1S/C24H20ClN5O2S/c25-19-9-4-10-20(15-19)29(13-6-12-26)22(31)17-33-24-28-27-23(18-7-2-1-3-8-18)30(24)16-21-11-5-14-32-21/h1-5,7-11,14-15H,6,13,16-17H2. The average Bonchev–Trinajstić information content (AvgIpc) is 3.49. The Hall–Kier alpha value is -3.54. The lowest BCUT2D eigenvalue weighted by Crippen LogP contribution is -2.33. The van der Waals surface area contributed by atoms with Gasteiger partial charge < -0.3 is 9.32 Å². The molecule has 0 bridgehead atoms. The fraction of sp³-hybridized carbons (Fsp3) is 0.167. The number of hydrogen-bond acceptors (Lipinski definition) is 6. The summed E-state index contributed by atoms with van der Waals surface area (Å²) in [6.07, 6.45) is 1.84. The molecule has 0 unspecified atom stereocenters. The third kappa shape index (κ3) is 5.64. The summed E-state index contributed by atoms with van der Waals surface area (Å²) in [7, 11) is 0. The molecule has 0 aliphatic heterocycles. The number of benzene rings is 2. The Morgan fingerprint density at radius 1 is 1.12 bits per heavy atom.